The quantitative estimate of drug-likeness (QED) is 0.626. The van der Waals surface area contributed by atoms with Crippen molar-refractivity contribution in [3.05, 3.63) is 58.6 Å². The molecule has 1 heterocycles. The fraction of sp³-hybridized carbons (Fsp3) is 0.333. The highest BCUT2D eigenvalue weighted by atomic mass is 35.5. The Morgan fingerprint density at radius 3 is 2.48 bits per heavy atom. The van der Waals surface area contributed by atoms with Crippen molar-refractivity contribution in [3.8, 4) is 5.75 Å². The zero-order chi connectivity index (χ0) is 22.5. The number of aliphatic hydroxyl groups excluding tert-OH is 1. The zero-order valence-electron chi connectivity index (χ0n) is 16.7. The van der Waals surface area contributed by atoms with Crippen LogP contribution in [-0.2, 0) is 4.79 Å². The van der Waals surface area contributed by atoms with Gasteiger partial charge in [-0.1, -0.05) is 11.6 Å². The summed E-state index contributed by atoms with van der Waals surface area (Å²) in [7, 11) is 1.29. The third-order valence-corrected chi connectivity index (χ3v) is 5.35. The number of amides is 3. The SMILES string of the molecule is COc1cc(F)c(C2CC(=O)N(CCO)C[C@H]2NC(=O)Nc2ccc(Cl)cc2)c(F)c1. The Balaban J connectivity index is 1.86. The normalized spacial score (nSPS) is 18.6. The molecule has 0 aliphatic carbocycles. The fourth-order valence-corrected chi connectivity index (χ4v) is 3.74. The van der Waals surface area contributed by atoms with Gasteiger partial charge in [-0.05, 0) is 24.3 Å². The van der Waals surface area contributed by atoms with E-state index in [4.69, 9.17) is 16.3 Å². The van der Waals surface area contributed by atoms with Gasteiger partial charge in [-0.3, -0.25) is 4.79 Å². The molecule has 1 aliphatic rings. The standard InChI is InChI=1S/C21H22ClF2N3O4/c1-31-14-8-16(23)20(17(24)9-14)15-10-19(29)27(6-7-28)11-18(15)26-21(30)25-13-4-2-12(22)3-5-13/h2-5,8-9,15,18,28H,6-7,10-11H2,1H3,(H2,25,26,30)/t15?,18-/m1/s1. The summed E-state index contributed by atoms with van der Waals surface area (Å²) in [6.07, 6.45) is -0.230. The van der Waals surface area contributed by atoms with Gasteiger partial charge in [0.25, 0.3) is 0 Å². The molecule has 1 fully saturated rings. The molecular formula is C21H22ClF2N3O4. The highest BCUT2D eigenvalue weighted by Crippen LogP contribution is 2.34. The lowest BCUT2D eigenvalue weighted by Gasteiger charge is -2.38. The number of β-amino-alcohol motifs (C(OH)–C–C–N with tert-alkyl or cyclic N) is 1. The first-order chi connectivity index (χ1) is 14.8. The Labute approximate surface area is 182 Å². The molecule has 2 aromatic rings. The summed E-state index contributed by atoms with van der Waals surface area (Å²) in [5.74, 6) is -3.03. The number of aliphatic hydroxyl groups is 1. The van der Waals surface area contributed by atoms with E-state index in [0.29, 0.717) is 10.7 Å². The molecule has 0 aromatic heterocycles. The van der Waals surface area contributed by atoms with Gasteiger partial charge >= 0.3 is 6.03 Å². The average molecular weight is 454 g/mol. The molecule has 166 valence electrons. The molecule has 7 nitrogen and oxygen atoms in total. The second-order valence-electron chi connectivity index (χ2n) is 7.09. The number of hydrogen-bond donors (Lipinski definition) is 3. The van der Waals surface area contributed by atoms with Crippen LogP contribution in [0.25, 0.3) is 0 Å². The van der Waals surface area contributed by atoms with E-state index >= 15 is 0 Å². The number of ether oxygens (including phenoxy) is 1. The molecule has 2 aromatic carbocycles. The number of nitrogens with zero attached hydrogens (tertiary/aromatic N) is 1. The van der Waals surface area contributed by atoms with Gasteiger partial charge in [-0.2, -0.15) is 0 Å². The van der Waals surface area contributed by atoms with Crippen LogP contribution in [0.2, 0.25) is 5.02 Å². The lowest BCUT2D eigenvalue weighted by molar-refractivity contribution is -0.135. The molecule has 2 atom stereocenters. The van der Waals surface area contributed by atoms with Crippen molar-refractivity contribution in [3.63, 3.8) is 0 Å². The molecule has 0 spiro atoms. The minimum Gasteiger partial charge on any atom is -0.497 e. The number of anilines is 1. The average Bonchev–Trinajstić information content (AvgIpc) is 2.72. The van der Waals surface area contributed by atoms with Gasteiger partial charge in [0.1, 0.15) is 17.4 Å². The summed E-state index contributed by atoms with van der Waals surface area (Å²) >= 11 is 5.84. The summed E-state index contributed by atoms with van der Waals surface area (Å²) in [6.45, 7) is -0.232. The van der Waals surface area contributed by atoms with Crippen LogP contribution >= 0.6 is 11.6 Å². The van der Waals surface area contributed by atoms with Gasteiger partial charge in [0.05, 0.1) is 19.8 Å². The number of piperidine rings is 1. The second-order valence-corrected chi connectivity index (χ2v) is 7.53. The van der Waals surface area contributed by atoms with Crippen molar-refractivity contribution < 1.29 is 28.2 Å². The van der Waals surface area contributed by atoms with Gasteiger partial charge in [0.15, 0.2) is 0 Å². The molecule has 1 saturated heterocycles. The Kier molecular flexibility index (Phi) is 7.29. The molecular weight excluding hydrogens is 432 g/mol. The van der Waals surface area contributed by atoms with Crippen molar-refractivity contribution in [2.24, 2.45) is 0 Å². The van der Waals surface area contributed by atoms with E-state index in [9.17, 15) is 23.5 Å². The summed E-state index contributed by atoms with van der Waals surface area (Å²) in [5.41, 5.74) is 0.175. The third-order valence-electron chi connectivity index (χ3n) is 5.10. The number of halogens is 3. The van der Waals surface area contributed by atoms with Gasteiger partial charge in [-0.25, -0.2) is 13.6 Å². The first-order valence-corrected chi connectivity index (χ1v) is 9.94. The number of hydrogen-bond acceptors (Lipinski definition) is 4. The van der Waals surface area contributed by atoms with Crippen LogP contribution in [0.3, 0.4) is 0 Å². The largest absolute Gasteiger partial charge is 0.497 e. The molecule has 1 aliphatic heterocycles. The first kappa shape index (κ1) is 22.8. The van der Waals surface area contributed by atoms with Crippen molar-refractivity contribution in [1.29, 1.82) is 0 Å². The fourth-order valence-electron chi connectivity index (χ4n) is 3.61. The molecule has 0 bridgehead atoms. The van der Waals surface area contributed by atoms with E-state index in [1.807, 2.05) is 0 Å². The maximum Gasteiger partial charge on any atom is 0.319 e. The van der Waals surface area contributed by atoms with Crippen LogP contribution in [0.1, 0.15) is 17.9 Å². The lowest BCUT2D eigenvalue weighted by atomic mass is 9.84. The second kappa shape index (κ2) is 9.93. The van der Waals surface area contributed by atoms with Crippen molar-refractivity contribution in [2.45, 2.75) is 18.4 Å². The molecule has 0 saturated carbocycles. The molecule has 3 amide bonds. The Morgan fingerprint density at radius 1 is 1.26 bits per heavy atom. The topological polar surface area (TPSA) is 90.9 Å². The molecule has 3 rings (SSSR count). The number of carbonyl (C=O) groups is 2. The van der Waals surface area contributed by atoms with E-state index in [1.54, 1.807) is 24.3 Å². The number of nitrogens with one attached hydrogen (secondary N) is 2. The number of carbonyl (C=O) groups excluding carboxylic acids is 2. The Morgan fingerprint density at radius 2 is 1.90 bits per heavy atom. The van der Waals surface area contributed by atoms with E-state index in [-0.39, 0.29) is 43.3 Å². The summed E-state index contributed by atoms with van der Waals surface area (Å²) < 4.78 is 34.3. The van der Waals surface area contributed by atoms with E-state index in [1.165, 1.54) is 12.0 Å². The van der Waals surface area contributed by atoms with Gasteiger partial charge in [0, 0.05) is 53.8 Å². The predicted molar refractivity (Wildman–Crippen MR) is 111 cm³/mol. The van der Waals surface area contributed by atoms with Crippen LogP contribution in [0, 0.1) is 11.6 Å². The number of likely N-dealkylation sites (tertiary alicyclic amines) is 1. The highest BCUT2D eigenvalue weighted by Gasteiger charge is 2.38. The molecule has 10 heteroatoms. The van der Waals surface area contributed by atoms with Crippen molar-refractivity contribution in [1.82, 2.24) is 10.2 Å². The predicted octanol–water partition coefficient (Wildman–Crippen LogP) is 3.13. The van der Waals surface area contributed by atoms with Crippen LogP contribution < -0.4 is 15.4 Å². The number of rotatable bonds is 6. The van der Waals surface area contributed by atoms with E-state index < -0.39 is 29.6 Å². The summed E-state index contributed by atoms with van der Waals surface area (Å²) in [5, 5.41) is 15.0. The number of methoxy groups -OCH3 is 1. The van der Waals surface area contributed by atoms with Crippen molar-refractivity contribution in [2.75, 3.05) is 32.1 Å². The van der Waals surface area contributed by atoms with Crippen LogP contribution in [0.15, 0.2) is 36.4 Å². The van der Waals surface area contributed by atoms with E-state index in [0.717, 1.165) is 12.1 Å². The first-order valence-electron chi connectivity index (χ1n) is 9.57. The van der Waals surface area contributed by atoms with Gasteiger partial charge in [-0.15, -0.1) is 0 Å². The minimum absolute atomic E-state index is 0.00721. The smallest absolute Gasteiger partial charge is 0.319 e. The summed E-state index contributed by atoms with van der Waals surface area (Å²) in [6, 6.07) is 7.07. The molecule has 0 radical (unpaired) electrons. The Bertz CT molecular complexity index is 935. The number of benzene rings is 2. The van der Waals surface area contributed by atoms with Crippen LogP contribution in [0.4, 0.5) is 19.3 Å². The number of urea groups is 1. The lowest BCUT2D eigenvalue weighted by Crippen LogP contribution is -2.55. The molecule has 31 heavy (non-hydrogen) atoms. The zero-order valence-corrected chi connectivity index (χ0v) is 17.5. The van der Waals surface area contributed by atoms with Gasteiger partial charge in [0.2, 0.25) is 5.91 Å². The van der Waals surface area contributed by atoms with Crippen LogP contribution in [0.5, 0.6) is 5.75 Å². The third kappa shape index (κ3) is 5.42. The molecule has 3 N–H and O–H groups in total. The molecule has 1 unspecified atom stereocenters. The van der Waals surface area contributed by atoms with Gasteiger partial charge < -0.3 is 25.4 Å². The van der Waals surface area contributed by atoms with E-state index in [2.05, 4.69) is 10.6 Å². The minimum atomic E-state index is -0.940. The maximum atomic E-state index is 14.7. The highest BCUT2D eigenvalue weighted by molar-refractivity contribution is 6.30. The summed E-state index contributed by atoms with van der Waals surface area (Å²) in [4.78, 5) is 26.4. The van der Waals surface area contributed by atoms with Crippen molar-refractivity contribution >= 4 is 29.2 Å². The maximum absolute atomic E-state index is 14.7. The van der Waals surface area contributed by atoms with Crippen LogP contribution in [-0.4, -0.2) is 54.8 Å². The Hall–Kier alpha value is -2.91. The monoisotopic (exact) mass is 453 g/mol.